The van der Waals surface area contributed by atoms with Crippen LogP contribution in [-0.4, -0.2) is 6.54 Å². The minimum atomic E-state index is -0.438. The molecule has 0 radical (unpaired) electrons. The first-order chi connectivity index (χ1) is 10.0. The summed E-state index contributed by atoms with van der Waals surface area (Å²) in [6.45, 7) is 2.80. The maximum absolute atomic E-state index is 13.4. The predicted octanol–water partition coefficient (Wildman–Crippen LogP) is 4.63. The van der Waals surface area contributed by atoms with Gasteiger partial charge in [-0.2, -0.15) is 0 Å². The molecule has 0 fully saturated rings. The number of aryl methyl sites for hydroxylation is 1. The van der Waals surface area contributed by atoms with Crippen molar-refractivity contribution >= 4 is 27.5 Å². The minimum Gasteiger partial charge on any atom is -0.488 e. The lowest BCUT2D eigenvalue weighted by Gasteiger charge is -2.15. The second-order valence-electron chi connectivity index (χ2n) is 4.79. The van der Waals surface area contributed by atoms with E-state index in [1.165, 1.54) is 12.1 Å². The van der Waals surface area contributed by atoms with Crippen LogP contribution in [0.3, 0.4) is 0 Å². The summed E-state index contributed by atoms with van der Waals surface area (Å²) in [7, 11) is 0. The summed E-state index contributed by atoms with van der Waals surface area (Å²) in [6, 6.07) is 8.65. The van der Waals surface area contributed by atoms with Gasteiger partial charge in [0.05, 0.1) is 5.02 Å². The number of rotatable bonds is 5. The lowest BCUT2D eigenvalue weighted by Crippen LogP contribution is -2.07. The molecule has 0 aliphatic carbocycles. The fourth-order valence-electron chi connectivity index (χ4n) is 2.13. The van der Waals surface area contributed by atoms with Crippen LogP contribution in [0, 0.1) is 12.7 Å². The van der Waals surface area contributed by atoms with E-state index >= 15 is 0 Å². The molecule has 2 N–H and O–H groups in total. The maximum Gasteiger partial charge on any atom is 0.142 e. The smallest absolute Gasteiger partial charge is 0.142 e. The summed E-state index contributed by atoms with van der Waals surface area (Å²) >= 11 is 9.14. The van der Waals surface area contributed by atoms with Crippen LogP contribution in [0.2, 0.25) is 5.02 Å². The molecule has 21 heavy (non-hydrogen) atoms. The molecule has 0 heterocycles. The molecule has 0 spiro atoms. The standard InChI is InChI=1S/C16H16BrClFNO/c1-10-6-13(17)8-12(4-5-20)16(10)21-9-11-2-3-14(18)15(19)7-11/h2-3,6-8H,4-5,9,20H2,1H3. The molecule has 0 atom stereocenters. The number of ether oxygens (including phenoxy) is 1. The summed E-state index contributed by atoms with van der Waals surface area (Å²) in [6.07, 6.45) is 0.727. The Morgan fingerprint density at radius 3 is 2.71 bits per heavy atom. The minimum absolute atomic E-state index is 0.113. The van der Waals surface area contributed by atoms with Crippen molar-refractivity contribution in [2.45, 2.75) is 20.0 Å². The Bertz CT molecular complexity index is 648. The molecule has 0 aliphatic heterocycles. The zero-order valence-electron chi connectivity index (χ0n) is 11.6. The average molecular weight is 373 g/mol. The number of benzene rings is 2. The highest BCUT2D eigenvalue weighted by molar-refractivity contribution is 9.10. The van der Waals surface area contributed by atoms with Gasteiger partial charge < -0.3 is 10.5 Å². The van der Waals surface area contributed by atoms with Crippen LogP contribution in [0.5, 0.6) is 5.75 Å². The van der Waals surface area contributed by atoms with Crippen molar-refractivity contribution < 1.29 is 9.13 Å². The van der Waals surface area contributed by atoms with Gasteiger partial charge in [-0.1, -0.05) is 33.6 Å². The highest BCUT2D eigenvalue weighted by atomic mass is 79.9. The molecule has 0 amide bonds. The largest absolute Gasteiger partial charge is 0.488 e. The second-order valence-corrected chi connectivity index (χ2v) is 6.11. The number of hydrogen-bond acceptors (Lipinski definition) is 2. The van der Waals surface area contributed by atoms with Gasteiger partial charge in [0.1, 0.15) is 18.2 Å². The van der Waals surface area contributed by atoms with Gasteiger partial charge in [-0.25, -0.2) is 4.39 Å². The number of nitrogens with two attached hydrogens (primary N) is 1. The van der Waals surface area contributed by atoms with Crippen molar-refractivity contribution in [3.8, 4) is 5.75 Å². The molecule has 2 rings (SSSR count). The lowest BCUT2D eigenvalue weighted by atomic mass is 10.1. The van der Waals surface area contributed by atoms with Gasteiger partial charge in [-0.05, 0) is 60.8 Å². The summed E-state index contributed by atoms with van der Waals surface area (Å²) in [4.78, 5) is 0. The maximum atomic E-state index is 13.4. The Morgan fingerprint density at radius 2 is 2.05 bits per heavy atom. The van der Waals surface area contributed by atoms with Crippen molar-refractivity contribution in [1.29, 1.82) is 0 Å². The molecular weight excluding hydrogens is 357 g/mol. The van der Waals surface area contributed by atoms with E-state index in [9.17, 15) is 4.39 Å². The van der Waals surface area contributed by atoms with Crippen molar-refractivity contribution in [2.24, 2.45) is 5.73 Å². The summed E-state index contributed by atoms with van der Waals surface area (Å²) in [5.74, 6) is 0.367. The molecule has 2 aromatic rings. The van der Waals surface area contributed by atoms with Crippen molar-refractivity contribution in [1.82, 2.24) is 0 Å². The van der Waals surface area contributed by atoms with Gasteiger partial charge in [-0.3, -0.25) is 0 Å². The third-order valence-electron chi connectivity index (χ3n) is 3.10. The molecular formula is C16H16BrClFNO. The van der Waals surface area contributed by atoms with Crippen molar-refractivity contribution in [2.75, 3.05) is 6.54 Å². The molecule has 0 aliphatic rings. The van der Waals surface area contributed by atoms with Crippen molar-refractivity contribution in [3.05, 3.63) is 62.3 Å². The van der Waals surface area contributed by atoms with E-state index in [-0.39, 0.29) is 11.6 Å². The summed E-state index contributed by atoms with van der Waals surface area (Å²) < 4.78 is 20.3. The van der Waals surface area contributed by atoms with Crippen LogP contribution in [0.25, 0.3) is 0 Å². The molecule has 5 heteroatoms. The predicted molar refractivity (Wildman–Crippen MR) is 87.4 cm³/mol. The van der Waals surface area contributed by atoms with Gasteiger partial charge in [0.2, 0.25) is 0 Å². The summed E-state index contributed by atoms with van der Waals surface area (Å²) in [5.41, 5.74) is 8.43. The van der Waals surface area contributed by atoms with E-state index in [0.29, 0.717) is 6.54 Å². The van der Waals surface area contributed by atoms with Crippen LogP contribution in [-0.2, 0) is 13.0 Å². The molecule has 0 saturated heterocycles. The van der Waals surface area contributed by atoms with Crippen LogP contribution in [0.1, 0.15) is 16.7 Å². The Morgan fingerprint density at radius 1 is 1.29 bits per heavy atom. The second kappa shape index (κ2) is 7.25. The quantitative estimate of drug-likeness (QED) is 0.830. The van der Waals surface area contributed by atoms with Crippen LogP contribution < -0.4 is 10.5 Å². The zero-order chi connectivity index (χ0) is 15.4. The molecule has 0 aromatic heterocycles. The van der Waals surface area contributed by atoms with Gasteiger partial charge in [0, 0.05) is 4.47 Å². The van der Waals surface area contributed by atoms with E-state index in [1.54, 1.807) is 6.07 Å². The van der Waals surface area contributed by atoms with Crippen molar-refractivity contribution in [3.63, 3.8) is 0 Å². The molecule has 112 valence electrons. The number of hydrogen-bond donors (Lipinski definition) is 1. The SMILES string of the molecule is Cc1cc(Br)cc(CCN)c1OCc1ccc(Cl)c(F)c1. The van der Waals surface area contributed by atoms with Crippen LogP contribution in [0.4, 0.5) is 4.39 Å². The van der Waals surface area contributed by atoms with Gasteiger partial charge in [0.25, 0.3) is 0 Å². The normalized spacial score (nSPS) is 10.7. The Kier molecular flexibility index (Phi) is 5.62. The first kappa shape index (κ1) is 16.3. The highest BCUT2D eigenvalue weighted by Crippen LogP contribution is 2.29. The Labute approximate surface area is 137 Å². The summed E-state index contributed by atoms with van der Waals surface area (Å²) in [5, 5.41) is 0.113. The fraction of sp³-hybridized carbons (Fsp3) is 0.250. The molecule has 0 unspecified atom stereocenters. The molecule has 0 bridgehead atoms. The van der Waals surface area contributed by atoms with E-state index in [2.05, 4.69) is 15.9 Å². The van der Waals surface area contributed by atoms with Gasteiger partial charge >= 0.3 is 0 Å². The van der Waals surface area contributed by atoms with Crippen LogP contribution >= 0.6 is 27.5 Å². The van der Waals surface area contributed by atoms with E-state index in [1.807, 2.05) is 19.1 Å². The fourth-order valence-corrected chi connectivity index (χ4v) is 2.87. The monoisotopic (exact) mass is 371 g/mol. The van der Waals surface area contributed by atoms with Gasteiger partial charge in [0.15, 0.2) is 0 Å². The van der Waals surface area contributed by atoms with E-state index < -0.39 is 5.82 Å². The molecule has 0 saturated carbocycles. The van der Waals surface area contributed by atoms with E-state index in [0.717, 1.165) is 33.3 Å². The topological polar surface area (TPSA) is 35.2 Å². The van der Waals surface area contributed by atoms with Gasteiger partial charge in [-0.15, -0.1) is 0 Å². The first-order valence-corrected chi connectivity index (χ1v) is 7.74. The zero-order valence-corrected chi connectivity index (χ0v) is 14.0. The first-order valence-electron chi connectivity index (χ1n) is 6.57. The lowest BCUT2D eigenvalue weighted by molar-refractivity contribution is 0.300. The molecule has 2 nitrogen and oxygen atoms in total. The Balaban J connectivity index is 2.20. The third kappa shape index (κ3) is 4.19. The average Bonchev–Trinajstić information content (AvgIpc) is 2.42. The third-order valence-corrected chi connectivity index (χ3v) is 3.86. The highest BCUT2D eigenvalue weighted by Gasteiger charge is 2.10. The number of halogens is 3. The molecule has 2 aromatic carbocycles. The Hall–Kier alpha value is -1.10. The van der Waals surface area contributed by atoms with E-state index in [4.69, 9.17) is 22.1 Å². The van der Waals surface area contributed by atoms with Crippen LogP contribution in [0.15, 0.2) is 34.8 Å².